The zero-order valence-electron chi connectivity index (χ0n) is 18.1. The van der Waals surface area contributed by atoms with Gasteiger partial charge in [-0.1, -0.05) is 42.5 Å². The first-order valence-corrected chi connectivity index (χ1v) is 10.3. The van der Waals surface area contributed by atoms with Gasteiger partial charge in [-0.15, -0.1) is 0 Å². The number of nitrogens with one attached hydrogen (secondary N) is 1. The van der Waals surface area contributed by atoms with E-state index >= 15 is 0 Å². The number of carbonyl (C=O) groups excluding carboxylic acids is 1. The number of aliphatic carboxylic acids is 1. The first-order chi connectivity index (χ1) is 14.2. The van der Waals surface area contributed by atoms with Crippen LogP contribution in [-0.4, -0.2) is 42.4 Å². The topological polar surface area (TPSA) is 84.9 Å². The average molecular weight is 414 g/mol. The molecule has 0 amide bonds. The fourth-order valence-corrected chi connectivity index (χ4v) is 4.60. The zero-order valence-corrected chi connectivity index (χ0v) is 18.1. The van der Waals surface area contributed by atoms with Gasteiger partial charge in [-0.05, 0) is 43.9 Å². The minimum Gasteiger partial charge on any atom is -0.481 e. The van der Waals surface area contributed by atoms with E-state index in [2.05, 4.69) is 29.6 Å². The Hall–Kier alpha value is -2.44. The maximum atomic E-state index is 12.5. The lowest BCUT2D eigenvalue weighted by Gasteiger charge is -2.38. The molecule has 0 saturated carbocycles. The largest absolute Gasteiger partial charge is 0.481 e. The molecule has 3 atom stereocenters. The van der Waals surface area contributed by atoms with Crippen molar-refractivity contribution in [2.24, 2.45) is 0 Å². The number of benzene rings is 1. The number of fused-ring (bicyclic) bond motifs is 3. The highest BCUT2D eigenvalue weighted by molar-refractivity contribution is 5.73. The molecule has 0 aromatic heterocycles. The van der Waals surface area contributed by atoms with Crippen LogP contribution < -0.4 is 5.32 Å². The Balaban J connectivity index is 1.95. The van der Waals surface area contributed by atoms with Crippen LogP contribution in [0.5, 0.6) is 0 Å². The number of esters is 1. The van der Waals surface area contributed by atoms with E-state index in [9.17, 15) is 14.7 Å². The molecule has 2 aliphatic carbocycles. The first kappa shape index (κ1) is 22.2. The van der Waals surface area contributed by atoms with Crippen molar-refractivity contribution in [2.75, 3.05) is 13.7 Å². The molecule has 1 aromatic carbocycles. The molecule has 0 saturated heterocycles. The molecule has 3 rings (SSSR count). The van der Waals surface area contributed by atoms with Crippen LogP contribution in [0.1, 0.15) is 57.1 Å². The molecule has 6 heteroatoms. The normalized spacial score (nSPS) is 23.3. The monoisotopic (exact) mass is 413 g/mol. The summed E-state index contributed by atoms with van der Waals surface area (Å²) in [6, 6.07) is 7.61. The van der Waals surface area contributed by atoms with Crippen LogP contribution in [-0.2, 0) is 24.6 Å². The Morgan fingerprint density at radius 1 is 1.27 bits per heavy atom. The fourth-order valence-electron chi connectivity index (χ4n) is 4.60. The molecule has 0 aliphatic heterocycles. The second kappa shape index (κ2) is 8.74. The van der Waals surface area contributed by atoms with Crippen LogP contribution >= 0.6 is 0 Å². The Morgan fingerprint density at radius 2 is 2.00 bits per heavy atom. The number of methoxy groups -OCH3 is 1. The van der Waals surface area contributed by atoms with E-state index in [1.165, 1.54) is 5.56 Å². The van der Waals surface area contributed by atoms with E-state index in [-0.39, 0.29) is 18.8 Å². The van der Waals surface area contributed by atoms with Crippen molar-refractivity contribution in [1.82, 2.24) is 5.32 Å². The van der Waals surface area contributed by atoms with Gasteiger partial charge in [0, 0.05) is 19.1 Å². The smallest absolute Gasteiger partial charge is 0.307 e. The summed E-state index contributed by atoms with van der Waals surface area (Å²) in [5.74, 6) is -1.28. The molecule has 0 fully saturated rings. The lowest BCUT2D eigenvalue weighted by atomic mass is 9.79. The second-order valence-corrected chi connectivity index (χ2v) is 8.98. The third kappa shape index (κ3) is 4.65. The van der Waals surface area contributed by atoms with E-state index in [0.29, 0.717) is 13.0 Å². The summed E-state index contributed by atoms with van der Waals surface area (Å²) in [7, 11) is 1.69. The van der Waals surface area contributed by atoms with E-state index in [1.807, 2.05) is 18.2 Å². The van der Waals surface area contributed by atoms with Crippen LogP contribution in [0.2, 0.25) is 0 Å². The number of ether oxygens (including phenoxy) is 2. The molecule has 3 unspecified atom stereocenters. The molecule has 30 heavy (non-hydrogen) atoms. The van der Waals surface area contributed by atoms with Crippen molar-refractivity contribution in [3.63, 3.8) is 0 Å². The van der Waals surface area contributed by atoms with Crippen molar-refractivity contribution in [2.45, 2.75) is 63.1 Å². The lowest BCUT2D eigenvalue weighted by Crippen LogP contribution is -2.50. The van der Waals surface area contributed by atoms with Crippen molar-refractivity contribution < 1.29 is 24.2 Å². The van der Waals surface area contributed by atoms with E-state index in [4.69, 9.17) is 9.47 Å². The molecule has 162 valence electrons. The Kier molecular flexibility index (Phi) is 6.48. The molecule has 0 spiro atoms. The predicted octanol–water partition coefficient (Wildman–Crippen LogP) is 3.68. The van der Waals surface area contributed by atoms with Gasteiger partial charge in [-0.2, -0.15) is 0 Å². The minimum atomic E-state index is -0.955. The third-order valence-electron chi connectivity index (χ3n) is 5.54. The molecular weight excluding hydrogens is 382 g/mol. The summed E-state index contributed by atoms with van der Waals surface area (Å²) < 4.78 is 11.0. The van der Waals surface area contributed by atoms with Crippen molar-refractivity contribution in [1.29, 1.82) is 0 Å². The Morgan fingerprint density at radius 3 is 2.67 bits per heavy atom. The van der Waals surface area contributed by atoms with Crippen LogP contribution in [0.4, 0.5) is 0 Å². The van der Waals surface area contributed by atoms with Gasteiger partial charge >= 0.3 is 11.9 Å². The number of carbonyl (C=O) groups is 2. The van der Waals surface area contributed by atoms with Crippen LogP contribution in [0.25, 0.3) is 0 Å². The first-order valence-electron chi connectivity index (χ1n) is 10.3. The maximum absolute atomic E-state index is 12.5. The molecule has 0 bridgehead atoms. The SMILES string of the molecule is COCC1C2=CC=CCC2(NC(CC(=O)O)CC(=O)OC(C)(C)C)c2ccccc21. The summed E-state index contributed by atoms with van der Waals surface area (Å²) >= 11 is 0. The average Bonchev–Trinajstić information content (AvgIpc) is 2.90. The number of rotatable bonds is 8. The number of hydrogen-bond donors (Lipinski definition) is 2. The van der Waals surface area contributed by atoms with Gasteiger partial charge in [0.25, 0.3) is 0 Å². The van der Waals surface area contributed by atoms with Gasteiger partial charge in [-0.3, -0.25) is 14.9 Å². The van der Waals surface area contributed by atoms with E-state index < -0.39 is 29.1 Å². The summed E-state index contributed by atoms with van der Waals surface area (Å²) in [6.45, 7) is 5.95. The summed E-state index contributed by atoms with van der Waals surface area (Å²) in [5.41, 5.74) is 2.25. The highest BCUT2D eigenvalue weighted by Crippen LogP contribution is 2.52. The molecule has 2 N–H and O–H groups in total. The van der Waals surface area contributed by atoms with Gasteiger partial charge in [0.15, 0.2) is 0 Å². The van der Waals surface area contributed by atoms with Gasteiger partial charge < -0.3 is 14.6 Å². The molecule has 1 aromatic rings. The lowest BCUT2D eigenvalue weighted by molar-refractivity contribution is -0.155. The van der Waals surface area contributed by atoms with Crippen LogP contribution in [0.3, 0.4) is 0 Å². The highest BCUT2D eigenvalue weighted by Gasteiger charge is 2.49. The number of hydrogen-bond acceptors (Lipinski definition) is 5. The van der Waals surface area contributed by atoms with Crippen LogP contribution in [0, 0.1) is 0 Å². The molecular formula is C24H31NO5. The van der Waals surface area contributed by atoms with E-state index in [0.717, 1.165) is 11.1 Å². The minimum absolute atomic E-state index is 0.0145. The molecule has 2 aliphatic rings. The number of allylic oxidation sites excluding steroid dienone is 2. The fraction of sp³-hybridized carbons (Fsp3) is 0.500. The molecule has 0 radical (unpaired) electrons. The van der Waals surface area contributed by atoms with Gasteiger partial charge in [-0.25, -0.2) is 0 Å². The van der Waals surface area contributed by atoms with Gasteiger partial charge in [0.1, 0.15) is 5.60 Å². The summed E-state index contributed by atoms with van der Waals surface area (Å²) in [5, 5.41) is 13.1. The number of carboxylic acid groups (broad SMARTS) is 1. The number of carboxylic acids is 1. The molecule has 0 heterocycles. The molecule has 6 nitrogen and oxygen atoms in total. The summed E-state index contributed by atoms with van der Waals surface area (Å²) in [4.78, 5) is 24.1. The maximum Gasteiger partial charge on any atom is 0.307 e. The Labute approximate surface area is 178 Å². The van der Waals surface area contributed by atoms with Gasteiger partial charge in [0.05, 0.1) is 25.0 Å². The second-order valence-electron chi connectivity index (χ2n) is 8.98. The Bertz CT molecular complexity index is 867. The standard InChI is InChI=1S/C24H31NO5/c1-23(2,3)30-22(28)14-16(13-21(26)27)25-24-12-8-7-11-20(24)18(15-29-4)17-9-5-6-10-19(17)24/h5-11,16,18,25H,12-15H2,1-4H3,(H,26,27). The van der Waals surface area contributed by atoms with Crippen LogP contribution in [0.15, 0.2) is 48.1 Å². The highest BCUT2D eigenvalue weighted by atomic mass is 16.6. The van der Waals surface area contributed by atoms with Crippen molar-refractivity contribution >= 4 is 11.9 Å². The quantitative estimate of drug-likeness (QED) is 0.633. The third-order valence-corrected chi connectivity index (χ3v) is 5.54. The zero-order chi connectivity index (χ0) is 21.9. The van der Waals surface area contributed by atoms with Crippen molar-refractivity contribution in [3.8, 4) is 0 Å². The van der Waals surface area contributed by atoms with E-state index in [1.54, 1.807) is 27.9 Å². The van der Waals surface area contributed by atoms with Gasteiger partial charge in [0.2, 0.25) is 0 Å². The summed E-state index contributed by atoms with van der Waals surface area (Å²) in [6.07, 6.45) is 6.69. The van der Waals surface area contributed by atoms with Crippen molar-refractivity contribution in [3.05, 3.63) is 59.2 Å². The predicted molar refractivity (Wildman–Crippen MR) is 114 cm³/mol.